The van der Waals surface area contributed by atoms with Crippen molar-refractivity contribution in [2.75, 3.05) is 24.6 Å². The third kappa shape index (κ3) is 7.02. The molecule has 2 aromatic carbocycles. The highest BCUT2D eigenvalue weighted by molar-refractivity contribution is 6.72. The predicted molar refractivity (Wildman–Crippen MR) is 173 cm³/mol. The highest BCUT2D eigenvalue weighted by Gasteiger charge is 2.66. The van der Waals surface area contributed by atoms with Gasteiger partial charge in [-0.25, -0.2) is 0 Å². The highest BCUT2D eigenvalue weighted by Crippen LogP contribution is 2.60. The number of para-hydroxylation sites is 1. The number of carbonyl (C=O) groups is 2. The number of rotatable bonds is 12. The second kappa shape index (κ2) is 13.7. The van der Waals surface area contributed by atoms with Gasteiger partial charge in [-0.15, -0.1) is 0 Å². The molecule has 0 aliphatic carbocycles. The van der Waals surface area contributed by atoms with E-state index in [4.69, 9.17) is 4.74 Å². The number of aliphatic hydroxyl groups excluding tert-OH is 1. The SMILES string of the molecule is CC(C)=CCC/C(C)=C/CN1C(=O)[C@@]2(O[C@@H](CC(=O)N(CCO)Cc3ccccc3)[C@H]([Si](C)(C)F)[C@H]2C)c2ccccc21. The molecule has 2 aliphatic rings. The van der Waals surface area contributed by atoms with Gasteiger partial charge in [0.2, 0.25) is 14.3 Å². The third-order valence-electron chi connectivity index (χ3n) is 8.90. The Bertz CT molecular complexity index is 1350. The number of ether oxygens (including phenoxy) is 1. The Morgan fingerprint density at radius 1 is 1.09 bits per heavy atom. The number of anilines is 1. The summed E-state index contributed by atoms with van der Waals surface area (Å²) in [5, 5.41) is 9.71. The van der Waals surface area contributed by atoms with E-state index in [0.29, 0.717) is 13.1 Å². The average Bonchev–Trinajstić information content (AvgIpc) is 3.38. The van der Waals surface area contributed by atoms with Crippen molar-refractivity contribution in [1.82, 2.24) is 4.90 Å². The van der Waals surface area contributed by atoms with Crippen LogP contribution in [0, 0.1) is 5.92 Å². The molecule has 1 saturated heterocycles. The zero-order chi connectivity index (χ0) is 31.4. The van der Waals surface area contributed by atoms with Crippen LogP contribution < -0.4 is 4.90 Å². The highest BCUT2D eigenvalue weighted by atomic mass is 28.4. The summed E-state index contributed by atoms with van der Waals surface area (Å²) < 4.78 is 22.9. The fraction of sp³-hybridized carbons (Fsp3) is 0.486. The molecule has 2 heterocycles. The second-order valence-electron chi connectivity index (χ2n) is 12.8. The number of fused-ring (bicyclic) bond motifs is 2. The summed E-state index contributed by atoms with van der Waals surface area (Å²) in [6.07, 6.45) is 5.35. The Kier molecular flexibility index (Phi) is 10.5. The van der Waals surface area contributed by atoms with Crippen LogP contribution >= 0.6 is 0 Å². The Morgan fingerprint density at radius 2 is 1.77 bits per heavy atom. The smallest absolute Gasteiger partial charge is 0.264 e. The number of aliphatic hydroxyl groups is 1. The predicted octanol–water partition coefficient (Wildman–Crippen LogP) is 6.91. The Labute approximate surface area is 257 Å². The molecule has 8 heteroatoms. The molecule has 43 heavy (non-hydrogen) atoms. The molecule has 1 N–H and O–H groups in total. The van der Waals surface area contributed by atoms with Gasteiger partial charge in [-0.1, -0.05) is 78.8 Å². The first-order valence-corrected chi connectivity index (χ1v) is 18.4. The fourth-order valence-electron chi connectivity index (χ4n) is 6.84. The molecule has 232 valence electrons. The van der Waals surface area contributed by atoms with Gasteiger partial charge in [0.05, 0.1) is 24.8 Å². The molecule has 4 atom stereocenters. The lowest BCUT2D eigenvalue weighted by atomic mass is 9.82. The molecule has 0 radical (unpaired) electrons. The molecule has 2 aromatic rings. The summed E-state index contributed by atoms with van der Waals surface area (Å²) in [4.78, 5) is 31.5. The van der Waals surface area contributed by atoms with Crippen LogP contribution in [0.15, 0.2) is 77.9 Å². The van der Waals surface area contributed by atoms with Crippen molar-refractivity contribution in [2.24, 2.45) is 5.92 Å². The van der Waals surface area contributed by atoms with Gasteiger partial charge in [0.25, 0.3) is 5.91 Å². The van der Waals surface area contributed by atoms with E-state index in [0.717, 1.165) is 29.7 Å². The van der Waals surface area contributed by atoms with Gasteiger partial charge in [-0.3, -0.25) is 9.59 Å². The summed E-state index contributed by atoms with van der Waals surface area (Å²) in [7, 11) is -3.40. The van der Waals surface area contributed by atoms with Gasteiger partial charge in [0.15, 0.2) is 5.60 Å². The van der Waals surface area contributed by atoms with Crippen molar-refractivity contribution in [3.8, 4) is 0 Å². The van der Waals surface area contributed by atoms with E-state index in [2.05, 4.69) is 32.9 Å². The van der Waals surface area contributed by atoms with E-state index < -0.39 is 31.6 Å². The quantitative estimate of drug-likeness (QED) is 0.162. The zero-order valence-corrected chi connectivity index (χ0v) is 27.5. The molecular formula is C35H47FN2O4Si. The van der Waals surface area contributed by atoms with Crippen LogP contribution in [-0.2, 0) is 26.5 Å². The van der Waals surface area contributed by atoms with Crippen LogP contribution in [-0.4, -0.2) is 56.0 Å². The van der Waals surface area contributed by atoms with Crippen LogP contribution in [0.1, 0.15) is 58.1 Å². The molecule has 6 nitrogen and oxygen atoms in total. The number of allylic oxidation sites excluding steroid dienone is 3. The van der Waals surface area contributed by atoms with E-state index in [1.807, 2.05) is 61.5 Å². The number of amides is 2. The molecule has 0 bridgehead atoms. The maximum absolute atomic E-state index is 16.2. The minimum absolute atomic E-state index is 0.0528. The number of nitrogens with zero attached hydrogens (tertiary/aromatic N) is 2. The lowest BCUT2D eigenvalue weighted by Crippen LogP contribution is -2.45. The van der Waals surface area contributed by atoms with Crippen LogP contribution in [0.5, 0.6) is 0 Å². The summed E-state index contributed by atoms with van der Waals surface area (Å²) >= 11 is 0. The molecule has 1 spiro atoms. The van der Waals surface area contributed by atoms with Crippen LogP contribution in [0.3, 0.4) is 0 Å². The summed E-state index contributed by atoms with van der Waals surface area (Å²) in [5.74, 6) is -0.871. The fourth-order valence-corrected chi connectivity index (χ4v) is 9.33. The first-order valence-electron chi connectivity index (χ1n) is 15.4. The average molecular weight is 607 g/mol. The van der Waals surface area contributed by atoms with Gasteiger partial charge >= 0.3 is 0 Å². The number of hydrogen-bond acceptors (Lipinski definition) is 4. The third-order valence-corrected chi connectivity index (χ3v) is 11.4. The Balaban J connectivity index is 1.63. The topological polar surface area (TPSA) is 70.1 Å². The van der Waals surface area contributed by atoms with Crippen LogP contribution in [0.2, 0.25) is 18.6 Å². The first kappa shape index (κ1) is 32.8. The second-order valence-corrected chi connectivity index (χ2v) is 16.6. The molecular weight excluding hydrogens is 559 g/mol. The molecule has 2 amide bonds. The van der Waals surface area contributed by atoms with Crippen molar-refractivity contribution >= 4 is 25.9 Å². The summed E-state index contributed by atoms with van der Waals surface area (Å²) in [6, 6.07) is 17.2. The van der Waals surface area contributed by atoms with Crippen molar-refractivity contribution < 1.29 is 23.5 Å². The number of halogens is 1. The van der Waals surface area contributed by atoms with E-state index in [-0.39, 0.29) is 31.4 Å². The van der Waals surface area contributed by atoms with Crippen molar-refractivity contribution in [2.45, 2.75) is 83.8 Å². The monoisotopic (exact) mass is 606 g/mol. The molecule has 2 aliphatic heterocycles. The largest absolute Gasteiger partial charge is 0.395 e. The first-order chi connectivity index (χ1) is 20.4. The molecule has 4 rings (SSSR count). The molecule has 0 unspecified atom stereocenters. The normalized spacial score (nSPS) is 23.5. The summed E-state index contributed by atoms with van der Waals surface area (Å²) in [5.41, 5.74) is 3.03. The standard InChI is InChI=1S/C35H47FN2O4Si/c1-25(2)13-12-14-26(3)19-20-38-30-18-11-10-17-29(30)35(34(38)41)27(4)33(43(5,6)36)31(42-35)23-32(40)37(21-22-39)24-28-15-8-7-9-16-28/h7-11,13,15-19,27,31,33,39H,12,14,20-24H2,1-6H3/b26-19+/t27-,31+,33-,35+/m1/s1. The number of hydrogen-bond donors (Lipinski definition) is 1. The van der Waals surface area contributed by atoms with E-state index in [9.17, 15) is 14.7 Å². The lowest BCUT2D eigenvalue weighted by molar-refractivity contribution is -0.149. The molecule has 0 saturated carbocycles. The maximum atomic E-state index is 16.2. The number of carbonyl (C=O) groups excluding carboxylic acids is 2. The maximum Gasteiger partial charge on any atom is 0.264 e. The molecule has 1 fully saturated rings. The minimum Gasteiger partial charge on any atom is -0.395 e. The molecule has 0 aromatic heterocycles. The van der Waals surface area contributed by atoms with E-state index in [1.165, 1.54) is 11.1 Å². The zero-order valence-electron chi connectivity index (χ0n) is 26.5. The van der Waals surface area contributed by atoms with E-state index >= 15 is 4.11 Å². The van der Waals surface area contributed by atoms with Gasteiger partial charge in [0.1, 0.15) is 0 Å². The summed E-state index contributed by atoms with van der Waals surface area (Å²) in [6.45, 7) is 12.2. The Morgan fingerprint density at radius 3 is 2.42 bits per heavy atom. The Hall–Kier alpha value is -3.07. The van der Waals surface area contributed by atoms with Gasteiger partial charge in [-0.2, -0.15) is 0 Å². The van der Waals surface area contributed by atoms with Gasteiger partial charge in [-0.05, 0) is 58.3 Å². The minimum atomic E-state index is -3.40. The van der Waals surface area contributed by atoms with Gasteiger partial charge in [0, 0.05) is 36.7 Å². The van der Waals surface area contributed by atoms with Crippen LogP contribution in [0.4, 0.5) is 9.80 Å². The number of benzene rings is 2. The van der Waals surface area contributed by atoms with Crippen molar-refractivity contribution in [3.05, 3.63) is 89.0 Å². The van der Waals surface area contributed by atoms with Crippen molar-refractivity contribution in [1.29, 1.82) is 0 Å². The van der Waals surface area contributed by atoms with Crippen molar-refractivity contribution in [3.63, 3.8) is 0 Å². The lowest BCUT2D eigenvalue weighted by Gasteiger charge is -2.31. The van der Waals surface area contributed by atoms with Crippen LogP contribution in [0.25, 0.3) is 0 Å². The van der Waals surface area contributed by atoms with Gasteiger partial charge < -0.3 is 23.8 Å². The van der Waals surface area contributed by atoms with E-state index in [1.54, 1.807) is 22.9 Å².